The number of hydrogen-bond donors (Lipinski definition) is 3. The van der Waals surface area contributed by atoms with E-state index in [1.807, 2.05) is 13.8 Å². The molecule has 0 aromatic rings. The van der Waals surface area contributed by atoms with Crippen LogP contribution in [0, 0.1) is 29.1 Å². The highest BCUT2D eigenvalue weighted by Crippen LogP contribution is 2.59. The molecule has 3 rings (SSSR count). The third kappa shape index (κ3) is 5.29. The first-order chi connectivity index (χ1) is 14.0. The van der Waals surface area contributed by atoms with Gasteiger partial charge in [0.1, 0.15) is 0 Å². The largest absolute Gasteiger partial charge is 0.393 e. The number of allylic oxidation sites excluding steroid dienone is 4. The topological polar surface area (TPSA) is 60.7 Å². The average molecular weight is 417 g/mol. The fourth-order valence-electron chi connectivity index (χ4n) is 6.39. The quantitative estimate of drug-likeness (QED) is 0.514. The predicted octanol–water partition coefficient (Wildman–Crippen LogP) is 5.56. The van der Waals surface area contributed by atoms with Crippen LogP contribution in [-0.4, -0.2) is 33.1 Å². The number of aliphatic hydroxyl groups is 3. The number of aliphatic hydroxyl groups excluding tert-OH is 2. The lowest BCUT2D eigenvalue weighted by Crippen LogP contribution is -2.35. The van der Waals surface area contributed by atoms with Crippen LogP contribution < -0.4 is 0 Å². The average Bonchev–Trinajstić information content (AvgIpc) is 3.00. The Labute approximate surface area is 184 Å². The molecule has 0 amide bonds. The molecular formula is C27H44O3. The summed E-state index contributed by atoms with van der Waals surface area (Å²) in [4.78, 5) is 0. The van der Waals surface area contributed by atoms with Crippen molar-refractivity contribution in [3.05, 3.63) is 35.5 Å². The first kappa shape index (κ1) is 23.8. The van der Waals surface area contributed by atoms with Crippen LogP contribution >= 0.6 is 0 Å². The van der Waals surface area contributed by atoms with Crippen molar-refractivity contribution < 1.29 is 15.3 Å². The van der Waals surface area contributed by atoms with Crippen LogP contribution in [0.1, 0.15) is 86.0 Å². The summed E-state index contributed by atoms with van der Waals surface area (Å²) in [5.41, 5.74) is 2.43. The van der Waals surface area contributed by atoms with Crippen LogP contribution in [0.5, 0.6) is 0 Å². The Hall–Kier alpha value is -0.900. The van der Waals surface area contributed by atoms with Gasteiger partial charge in [0.25, 0.3) is 0 Å². The third-order valence-electron chi connectivity index (χ3n) is 8.56. The van der Waals surface area contributed by atoms with Crippen molar-refractivity contribution in [3.63, 3.8) is 0 Å². The second-order valence-corrected chi connectivity index (χ2v) is 11.3. The predicted molar refractivity (Wildman–Crippen MR) is 124 cm³/mol. The summed E-state index contributed by atoms with van der Waals surface area (Å²) in [6.07, 6.45) is 16.5. The fraction of sp³-hybridized carbons (Fsp3) is 0.778. The Morgan fingerprint density at radius 3 is 2.33 bits per heavy atom. The Bertz CT molecular complexity index is 671. The smallest absolute Gasteiger partial charge is 0.0651 e. The molecule has 3 heteroatoms. The molecule has 3 N–H and O–H groups in total. The zero-order chi connectivity index (χ0) is 22.1. The highest BCUT2D eigenvalue weighted by atomic mass is 16.3. The SMILES string of the molecule is C[C@H](/C=C/[C@@H](C)C(C)(C)O)[C@H]1CC[C@H]2/C(=C/C=C3\C[C@@H](O)C[C@@H](O)C3)CCC[C@@]12C. The van der Waals surface area contributed by atoms with Crippen molar-refractivity contribution in [2.45, 2.75) is 104 Å². The molecule has 3 nitrogen and oxygen atoms in total. The minimum atomic E-state index is -0.674. The van der Waals surface area contributed by atoms with Crippen LogP contribution in [0.3, 0.4) is 0 Å². The van der Waals surface area contributed by atoms with Crippen LogP contribution in [0.4, 0.5) is 0 Å². The van der Waals surface area contributed by atoms with E-state index < -0.39 is 17.8 Å². The summed E-state index contributed by atoms with van der Waals surface area (Å²) in [5, 5.41) is 30.2. The van der Waals surface area contributed by atoms with Gasteiger partial charge in [0.05, 0.1) is 17.8 Å². The highest BCUT2D eigenvalue weighted by Gasteiger charge is 2.50. The van der Waals surface area contributed by atoms with E-state index in [9.17, 15) is 15.3 Å². The van der Waals surface area contributed by atoms with Gasteiger partial charge in [-0.2, -0.15) is 0 Å². The van der Waals surface area contributed by atoms with Crippen molar-refractivity contribution in [1.29, 1.82) is 0 Å². The van der Waals surface area contributed by atoms with Gasteiger partial charge in [0.2, 0.25) is 0 Å². The van der Waals surface area contributed by atoms with Crippen molar-refractivity contribution in [2.24, 2.45) is 29.1 Å². The van der Waals surface area contributed by atoms with E-state index in [1.54, 1.807) is 5.57 Å². The second-order valence-electron chi connectivity index (χ2n) is 11.3. The van der Waals surface area contributed by atoms with Gasteiger partial charge in [0, 0.05) is 5.92 Å². The minimum Gasteiger partial charge on any atom is -0.393 e. The van der Waals surface area contributed by atoms with E-state index in [0.717, 1.165) is 0 Å². The zero-order valence-corrected chi connectivity index (χ0v) is 19.8. The summed E-state index contributed by atoms with van der Waals surface area (Å²) in [7, 11) is 0. The van der Waals surface area contributed by atoms with Gasteiger partial charge in [-0.3, -0.25) is 0 Å². The number of hydrogen-bond acceptors (Lipinski definition) is 3. The van der Waals surface area contributed by atoms with Crippen molar-refractivity contribution >= 4 is 0 Å². The molecule has 0 saturated heterocycles. The van der Waals surface area contributed by atoms with Crippen molar-refractivity contribution in [3.8, 4) is 0 Å². The Morgan fingerprint density at radius 1 is 1.03 bits per heavy atom. The van der Waals surface area contributed by atoms with E-state index in [4.69, 9.17) is 0 Å². The standard InChI is InChI=1S/C27H44O3/c1-18(8-9-19(2)26(3,4)30)24-12-13-25-21(7-6-14-27(24,25)5)11-10-20-15-22(28)17-23(29)16-20/h8-11,18-19,22-25,28-30H,6-7,12-17H2,1-5H3/b9-8+,20-10-,21-11+/t18-,19-,22+,23-,24-,25+,27+/m1/s1. The normalized spacial score (nSPS) is 40.1. The van der Waals surface area contributed by atoms with Crippen LogP contribution in [0.2, 0.25) is 0 Å². The molecule has 0 spiro atoms. The van der Waals surface area contributed by atoms with E-state index >= 15 is 0 Å². The molecule has 0 heterocycles. The van der Waals surface area contributed by atoms with Gasteiger partial charge in [-0.05, 0) is 88.4 Å². The first-order valence-electron chi connectivity index (χ1n) is 12.2. The molecule has 0 radical (unpaired) electrons. The summed E-state index contributed by atoms with van der Waals surface area (Å²) < 4.78 is 0. The molecule has 170 valence electrons. The molecule has 0 unspecified atom stereocenters. The van der Waals surface area contributed by atoms with Crippen LogP contribution in [-0.2, 0) is 0 Å². The number of fused-ring (bicyclic) bond motifs is 1. The van der Waals surface area contributed by atoms with Gasteiger partial charge in [-0.25, -0.2) is 0 Å². The molecular weight excluding hydrogens is 372 g/mol. The fourth-order valence-corrected chi connectivity index (χ4v) is 6.39. The van der Waals surface area contributed by atoms with Crippen molar-refractivity contribution in [2.75, 3.05) is 0 Å². The maximum absolute atomic E-state index is 10.2. The zero-order valence-electron chi connectivity index (χ0n) is 19.8. The van der Waals surface area contributed by atoms with Gasteiger partial charge in [-0.15, -0.1) is 0 Å². The van der Waals surface area contributed by atoms with Crippen molar-refractivity contribution in [1.82, 2.24) is 0 Å². The molecule has 7 atom stereocenters. The molecule has 0 bridgehead atoms. The Kier molecular flexibility index (Phi) is 7.37. The molecule has 3 saturated carbocycles. The van der Waals surface area contributed by atoms with E-state index in [0.29, 0.717) is 42.4 Å². The van der Waals surface area contributed by atoms with E-state index in [2.05, 4.69) is 45.1 Å². The molecule has 3 fully saturated rings. The third-order valence-corrected chi connectivity index (χ3v) is 8.56. The Morgan fingerprint density at radius 2 is 1.70 bits per heavy atom. The summed E-state index contributed by atoms with van der Waals surface area (Å²) in [6.45, 7) is 10.7. The second kappa shape index (κ2) is 9.30. The molecule has 3 aliphatic carbocycles. The van der Waals surface area contributed by atoms with Crippen LogP contribution in [0.15, 0.2) is 35.5 Å². The highest BCUT2D eigenvalue weighted by molar-refractivity contribution is 5.26. The maximum atomic E-state index is 10.2. The lowest BCUT2D eigenvalue weighted by Gasteiger charge is -2.44. The lowest BCUT2D eigenvalue weighted by atomic mass is 9.61. The number of rotatable bonds is 5. The first-order valence-corrected chi connectivity index (χ1v) is 12.2. The molecule has 0 aromatic heterocycles. The summed E-state index contributed by atoms with van der Waals surface area (Å²) >= 11 is 0. The minimum absolute atomic E-state index is 0.152. The Balaban J connectivity index is 1.73. The van der Waals surface area contributed by atoms with E-state index in [1.165, 1.54) is 37.7 Å². The van der Waals surface area contributed by atoms with Gasteiger partial charge < -0.3 is 15.3 Å². The van der Waals surface area contributed by atoms with E-state index in [-0.39, 0.29) is 5.92 Å². The lowest BCUT2D eigenvalue weighted by molar-refractivity contribution is 0.0436. The summed E-state index contributed by atoms with van der Waals surface area (Å²) in [6, 6.07) is 0. The maximum Gasteiger partial charge on any atom is 0.0651 e. The van der Waals surface area contributed by atoms with Gasteiger partial charge >= 0.3 is 0 Å². The summed E-state index contributed by atoms with van der Waals surface area (Å²) in [5.74, 6) is 2.00. The molecule has 30 heavy (non-hydrogen) atoms. The van der Waals surface area contributed by atoms with Gasteiger partial charge in [0.15, 0.2) is 0 Å². The molecule has 0 aromatic carbocycles. The van der Waals surface area contributed by atoms with Gasteiger partial charge in [-0.1, -0.05) is 56.2 Å². The monoisotopic (exact) mass is 416 g/mol. The molecule has 0 aliphatic heterocycles. The molecule has 3 aliphatic rings. The van der Waals surface area contributed by atoms with Crippen LogP contribution in [0.25, 0.3) is 0 Å².